The molecule has 0 bridgehead atoms. The van der Waals surface area contributed by atoms with Crippen molar-refractivity contribution in [1.29, 1.82) is 0 Å². The van der Waals surface area contributed by atoms with Crippen LogP contribution in [0.15, 0.2) is 30.6 Å². The van der Waals surface area contributed by atoms with Gasteiger partial charge in [-0.1, -0.05) is 12.8 Å². The van der Waals surface area contributed by atoms with E-state index in [4.69, 9.17) is 10.5 Å². The SMILES string of the molecule is CC[C@@](C)(O)C#Cc1cc2c(ccn2-c2cc(OC)nc(N)n2)cn1. The molecule has 0 amide bonds. The Balaban J connectivity index is 2.09. The van der Waals surface area contributed by atoms with Crippen LogP contribution in [-0.4, -0.2) is 37.3 Å². The second kappa shape index (κ2) is 6.42. The number of nitrogens with zero attached hydrogens (tertiary/aromatic N) is 4. The van der Waals surface area contributed by atoms with Crippen molar-refractivity contribution in [3.63, 3.8) is 0 Å². The molecule has 0 aliphatic heterocycles. The molecule has 128 valence electrons. The van der Waals surface area contributed by atoms with Gasteiger partial charge >= 0.3 is 0 Å². The highest BCUT2D eigenvalue weighted by Crippen LogP contribution is 2.22. The van der Waals surface area contributed by atoms with Crippen LogP contribution in [-0.2, 0) is 0 Å². The van der Waals surface area contributed by atoms with Crippen molar-refractivity contribution in [2.24, 2.45) is 0 Å². The number of pyridine rings is 1. The summed E-state index contributed by atoms with van der Waals surface area (Å²) >= 11 is 0. The van der Waals surface area contributed by atoms with Crippen molar-refractivity contribution >= 4 is 16.9 Å². The van der Waals surface area contributed by atoms with Crippen molar-refractivity contribution in [3.05, 3.63) is 36.3 Å². The fourth-order valence-electron chi connectivity index (χ4n) is 2.24. The minimum absolute atomic E-state index is 0.129. The summed E-state index contributed by atoms with van der Waals surface area (Å²) in [6.07, 6.45) is 4.14. The Bertz CT molecular complexity index is 982. The minimum atomic E-state index is -1.03. The molecular weight excluding hydrogens is 318 g/mol. The van der Waals surface area contributed by atoms with Crippen LogP contribution >= 0.6 is 0 Å². The van der Waals surface area contributed by atoms with E-state index in [-0.39, 0.29) is 5.95 Å². The van der Waals surface area contributed by atoms with Gasteiger partial charge in [0, 0.05) is 23.8 Å². The second-order valence-electron chi connectivity index (χ2n) is 5.82. The van der Waals surface area contributed by atoms with Crippen LogP contribution in [0.4, 0.5) is 5.95 Å². The number of hydrogen-bond donors (Lipinski definition) is 2. The lowest BCUT2D eigenvalue weighted by molar-refractivity contribution is 0.118. The molecule has 0 aliphatic carbocycles. The molecule has 0 unspecified atom stereocenters. The molecule has 0 aliphatic rings. The molecule has 3 aromatic rings. The first kappa shape index (κ1) is 16.7. The summed E-state index contributed by atoms with van der Waals surface area (Å²) in [4.78, 5) is 12.6. The summed E-state index contributed by atoms with van der Waals surface area (Å²) in [5, 5.41) is 11.0. The second-order valence-corrected chi connectivity index (χ2v) is 5.82. The highest BCUT2D eigenvalue weighted by Gasteiger charge is 2.13. The third-order valence-corrected chi connectivity index (χ3v) is 3.89. The number of hydrogen-bond acceptors (Lipinski definition) is 6. The van der Waals surface area contributed by atoms with Gasteiger partial charge in [0.25, 0.3) is 0 Å². The summed E-state index contributed by atoms with van der Waals surface area (Å²) < 4.78 is 7.01. The Kier molecular flexibility index (Phi) is 4.30. The Hall–Kier alpha value is -3.11. The highest BCUT2D eigenvalue weighted by molar-refractivity contribution is 5.81. The van der Waals surface area contributed by atoms with E-state index < -0.39 is 5.60 Å². The van der Waals surface area contributed by atoms with E-state index in [1.807, 2.05) is 29.8 Å². The van der Waals surface area contributed by atoms with E-state index in [1.54, 1.807) is 19.2 Å². The minimum Gasteiger partial charge on any atom is -0.481 e. The zero-order valence-corrected chi connectivity index (χ0v) is 14.3. The lowest BCUT2D eigenvalue weighted by Crippen LogP contribution is -2.19. The van der Waals surface area contributed by atoms with Crippen LogP contribution in [0.25, 0.3) is 16.7 Å². The maximum atomic E-state index is 10.0. The van der Waals surface area contributed by atoms with Gasteiger partial charge in [-0.2, -0.15) is 9.97 Å². The molecule has 3 aromatic heterocycles. The summed E-state index contributed by atoms with van der Waals surface area (Å²) in [5.41, 5.74) is 6.15. The topological polar surface area (TPSA) is 99.1 Å². The molecule has 0 fully saturated rings. The standard InChI is InChI=1S/C18H19N5O2/c1-4-18(2,24)7-5-13-9-14-12(11-20-13)6-8-23(14)15-10-16(25-3)22-17(19)21-15/h6,8-11,24H,4H2,1-3H3,(H2,19,21,22)/t18-/m1/s1. The number of aromatic nitrogens is 4. The maximum Gasteiger partial charge on any atom is 0.225 e. The number of fused-ring (bicyclic) bond motifs is 1. The van der Waals surface area contributed by atoms with Crippen LogP contribution in [0.2, 0.25) is 0 Å². The van der Waals surface area contributed by atoms with Crippen molar-refractivity contribution in [2.45, 2.75) is 25.9 Å². The lowest BCUT2D eigenvalue weighted by atomic mass is 10.0. The third-order valence-electron chi connectivity index (χ3n) is 3.89. The molecule has 7 nitrogen and oxygen atoms in total. The zero-order chi connectivity index (χ0) is 18.0. The first-order valence-electron chi connectivity index (χ1n) is 7.83. The fourth-order valence-corrected chi connectivity index (χ4v) is 2.24. The number of rotatable bonds is 3. The van der Waals surface area contributed by atoms with Crippen molar-refractivity contribution < 1.29 is 9.84 Å². The number of anilines is 1. The molecule has 3 rings (SSSR count). The Morgan fingerprint density at radius 2 is 2.16 bits per heavy atom. The molecule has 0 spiro atoms. The summed E-state index contributed by atoms with van der Waals surface area (Å²) in [6, 6.07) is 5.47. The fraction of sp³-hybridized carbons (Fsp3) is 0.278. The monoisotopic (exact) mass is 337 g/mol. The average molecular weight is 337 g/mol. The Morgan fingerprint density at radius 1 is 1.36 bits per heavy atom. The molecule has 3 N–H and O–H groups in total. The van der Waals surface area contributed by atoms with Crippen molar-refractivity contribution in [2.75, 3.05) is 12.8 Å². The molecule has 7 heteroatoms. The van der Waals surface area contributed by atoms with Gasteiger partial charge in [-0.05, 0) is 31.4 Å². The van der Waals surface area contributed by atoms with Gasteiger partial charge in [-0.25, -0.2) is 4.98 Å². The first-order valence-corrected chi connectivity index (χ1v) is 7.83. The normalized spacial score (nSPS) is 13.1. The predicted octanol–water partition coefficient (Wildman–Crippen LogP) is 1.92. The van der Waals surface area contributed by atoms with E-state index in [0.717, 1.165) is 10.9 Å². The Labute approximate surface area is 145 Å². The largest absolute Gasteiger partial charge is 0.481 e. The number of ether oxygens (including phenoxy) is 1. The molecular formula is C18H19N5O2. The molecule has 1 atom stereocenters. The third kappa shape index (κ3) is 3.54. The van der Waals surface area contributed by atoms with Gasteiger partial charge in [0.05, 0.1) is 12.6 Å². The van der Waals surface area contributed by atoms with E-state index >= 15 is 0 Å². The summed E-state index contributed by atoms with van der Waals surface area (Å²) in [7, 11) is 1.52. The van der Waals surface area contributed by atoms with Gasteiger partial charge < -0.3 is 20.1 Å². The number of aliphatic hydroxyl groups is 1. The molecule has 0 saturated heterocycles. The molecule has 0 saturated carbocycles. The quantitative estimate of drug-likeness (QED) is 0.709. The zero-order valence-electron chi connectivity index (χ0n) is 14.3. The van der Waals surface area contributed by atoms with Crippen LogP contribution in [0.1, 0.15) is 26.0 Å². The lowest BCUT2D eigenvalue weighted by Gasteiger charge is -2.11. The van der Waals surface area contributed by atoms with Crippen LogP contribution in [0.5, 0.6) is 5.88 Å². The highest BCUT2D eigenvalue weighted by atomic mass is 16.5. The number of methoxy groups -OCH3 is 1. The molecule has 3 heterocycles. The first-order chi connectivity index (χ1) is 11.9. The molecule has 0 aromatic carbocycles. The Morgan fingerprint density at radius 3 is 2.88 bits per heavy atom. The summed E-state index contributed by atoms with van der Waals surface area (Å²) in [5.74, 6) is 6.86. The van der Waals surface area contributed by atoms with Crippen LogP contribution in [0.3, 0.4) is 0 Å². The van der Waals surface area contributed by atoms with Gasteiger partial charge in [-0.3, -0.25) is 0 Å². The van der Waals surface area contributed by atoms with E-state index in [0.29, 0.717) is 23.8 Å². The predicted molar refractivity (Wildman–Crippen MR) is 95.4 cm³/mol. The van der Waals surface area contributed by atoms with E-state index in [2.05, 4.69) is 26.8 Å². The smallest absolute Gasteiger partial charge is 0.225 e. The molecule has 25 heavy (non-hydrogen) atoms. The van der Waals surface area contributed by atoms with E-state index in [9.17, 15) is 5.11 Å². The van der Waals surface area contributed by atoms with Crippen molar-refractivity contribution in [1.82, 2.24) is 19.5 Å². The number of nitrogens with two attached hydrogens (primary N) is 1. The maximum absolute atomic E-state index is 10.0. The number of nitrogen functional groups attached to an aromatic ring is 1. The van der Waals surface area contributed by atoms with Gasteiger partial charge in [0.2, 0.25) is 11.8 Å². The summed E-state index contributed by atoms with van der Waals surface area (Å²) in [6.45, 7) is 3.56. The molecule has 0 radical (unpaired) electrons. The van der Waals surface area contributed by atoms with Gasteiger partial charge in [-0.15, -0.1) is 0 Å². The van der Waals surface area contributed by atoms with Crippen LogP contribution in [0, 0.1) is 11.8 Å². The van der Waals surface area contributed by atoms with Gasteiger partial charge in [0.1, 0.15) is 17.1 Å². The van der Waals surface area contributed by atoms with Crippen molar-refractivity contribution in [3.8, 4) is 23.5 Å². The van der Waals surface area contributed by atoms with Crippen LogP contribution < -0.4 is 10.5 Å². The van der Waals surface area contributed by atoms with E-state index in [1.165, 1.54) is 7.11 Å². The average Bonchev–Trinajstić information content (AvgIpc) is 3.02. The van der Waals surface area contributed by atoms with Gasteiger partial charge in [0.15, 0.2) is 0 Å².